The van der Waals surface area contributed by atoms with E-state index in [0.29, 0.717) is 28.5 Å². The zero-order valence-corrected chi connectivity index (χ0v) is 15.7. The average Bonchev–Trinajstić information content (AvgIpc) is 2.95. The van der Waals surface area contributed by atoms with Crippen molar-refractivity contribution in [2.45, 2.75) is 0 Å². The smallest absolute Gasteiger partial charge is 0.281 e. The number of benzene rings is 2. The molecule has 2 aromatic rings. The van der Waals surface area contributed by atoms with Crippen LogP contribution in [0, 0.1) is 5.82 Å². The van der Waals surface area contributed by atoms with Crippen LogP contribution in [0.25, 0.3) is 6.08 Å². The van der Waals surface area contributed by atoms with Gasteiger partial charge in [0.2, 0.25) is 5.75 Å². The van der Waals surface area contributed by atoms with Crippen molar-refractivity contribution in [3.63, 3.8) is 0 Å². The molecular formula is C19H17FN2O4S. The van der Waals surface area contributed by atoms with Crippen LogP contribution in [0.1, 0.15) is 5.56 Å². The highest BCUT2D eigenvalue weighted by Gasteiger charge is 2.32. The highest BCUT2D eigenvalue weighted by atomic mass is 32.1. The molecule has 1 fully saturated rings. The third-order valence-corrected chi connectivity index (χ3v) is 4.25. The monoisotopic (exact) mass is 388 g/mol. The van der Waals surface area contributed by atoms with Gasteiger partial charge in [-0.05, 0) is 60.3 Å². The summed E-state index contributed by atoms with van der Waals surface area (Å²) >= 11 is 5.25. The lowest BCUT2D eigenvalue weighted by Crippen LogP contribution is -2.30. The summed E-state index contributed by atoms with van der Waals surface area (Å²) in [5.41, 5.74) is 1.41. The van der Waals surface area contributed by atoms with Crippen molar-refractivity contribution in [3.05, 3.63) is 53.5 Å². The Bertz CT molecular complexity index is 903. The molecule has 3 rings (SSSR count). The van der Waals surface area contributed by atoms with Gasteiger partial charge in [-0.1, -0.05) is 0 Å². The Kier molecular flexibility index (Phi) is 5.27. The van der Waals surface area contributed by atoms with Gasteiger partial charge in [0.15, 0.2) is 16.6 Å². The number of carbonyl (C=O) groups excluding carboxylic acids is 1. The van der Waals surface area contributed by atoms with Crippen LogP contribution in [0.15, 0.2) is 42.1 Å². The minimum atomic E-state index is -0.391. The van der Waals surface area contributed by atoms with Crippen LogP contribution < -0.4 is 24.4 Å². The summed E-state index contributed by atoms with van der Waals surface area (Å²) in [5, 5.41) is 3.09. The summed E-state index contributed by atoms with van der Waals surface area (Å²) in [7, 11) is 4.54. The molecule has 6 nitrogen and oxygen atoms in total. The predicted molar refractivity (Wildman–Crippen MR) is 104 cm³/mol. The van der Waals surface area contributed by atoms with Crippen molar-refractivity contribution in [3.8, 4) is 17.2 Å². The molecule has 0 spiro atoms. The summed E-state index contributed by atoms with van der Waals surface area (Å²) in [6.45, 7) is 0. The number of anilines is 1. The minimum Gasteiger partial charge on any atom is -0.493 e. The molecule has 1 aliphatic rings. The van der Waals surface area contributed by atoms with Gasteiger partial charge < -0.3 is 19.5 Å². The quantitative estimate of drug-likeness (QED) is 0.627. The predicted octanol–water partition coefficient (Wildman–Crippen LogP) is 3.11. The first-order chi connectivity index (χ1) is 13.0. The number of rotatable bonds is 5. The van der Waals surface area contributed by atoms with Crippen LogP contribution in [0.4, 0.5) is 10.1 Å². The van der Waals surface area contributed by atoms with E-state index >= 15 is 0 Å². The second kappa shape index (κ2) is 7.63. The molecule has 0 atom stereocenters. The van der Waals surface area contributed by atoms with Crippen molar-refractivity contribution in [2.75, 3.05) is 26.2 Å². The number of carbonyl (C=O) groups is 1. The number of hydrogen-bond donors (Lipinski definition) is 1. The lowest BCUT2D eigenvalue weighted by Gasteiger charge is -2.13. The molecule has 0 unspecified atom stereocenters. The molecule has 8 heteroatoms. The van der Waals surface area contributed by atoms with Crippen LogP contribution >= 0.6 is 12.2 Å². The maximum atomic E-state index is 13.1. The normalized spacial score (nSPS) is 15.1. The molecule has 1 aliphatic heterocycles. The second-order valence-corrected chi connectivity index (χ2v) is 5.95. The average molecular weight is 388 g/mol. The molecule has 0 bridgehead atoms. The largest absolute Gasteiger partial charge is 0.493 e. The molecule has 1 amide bonds. The number of hydrogen-bond acceptors (Lipinski definition) is 5. The van der Waals surface area contributed by atoms with Gasteiger partial charge in [-0.3, -0.25) is 9.69 Å². The van der Waals surface area contributed by atoms with Gasteiger partial charge in [-0.15, -0.1) is 0 Å². The first kappa shape index (κ1) is 18.7. The van der Waals surface area contributed by atoms with E-state index in [1.807, 2.05) is 0 Å². The third kappa shape index (κ3) is 3.56. The molecule has 0 saturated carbocycles. The highest BCUT2D eigenvalue weighted by Crippen LogP contribution is 2.39. The van der Waals surface area contributed by atoms with Gasteiger partial charge in [-0.25, -0.2) is 4.39 Å². The SMILES string of the molecule is COc1cc(/C=C2/NC(=S)N(c3ccc(F)cc3)C2=O)cc(OC)c1OC. The first-order valence-electron chi connectivity index (χ1n) is 7.91. The van der Waals surface area contributed by atoms with Crippen molar-refractivity contribution in [1.29, 1.82) is 0 Å². The van der Waals surface area contributed by atoms with Crippen molar-refractivity contribution in [1.82, 2.24) is 5.32 Å². The minimum absolute atomic E-state index is 0.213. The Morgan fingerprint density at radius 2 is 1.63 bits per heavy atom. The van der Waals surface area contributed by atoms with Gasteiger partial charge in [0.1, 0.15) is 11.5 Å². The third-order valence-electron chi connectivity index (χ3n) is 3.96. The van der Waals surface area contributed by atoms with Crippen LogP contribution in [0.2, 0.25) is 0 Å². The molecular weight excluding hydrogens is 371 g/mol. The van der Waals surface area contributed by atoms with Gasteiger partial charge >= 0.3 is 0 Å². The molecule has 0 aliphatic carbocycles. The number of nitrogens with one attached hydrogen (secondary N) is 1. The second-order valence-electron chi connectivity index (χ2n) is 5.56. The number of thiocarbonyl (C=S) groups is 1. The maximum absolute atomic E-state index is 13.1. The van der Waals surface area contributed by atoms with Gasteiger partial charge in [0.25, 0.3) is 5.91 Å². The van der Waals surface area contributed by atoms with E-state index < -0.39 is 5.82 Å². The first-order valence-corrected chi connectivity index (χ1v) is 8.32. The van der Waals surface area contributed by atoms with Crippen LogP contribution in [-0.2, 0) is 4.79 Å². The molecule has 27 heavy (non-hydrogen) atoms. The zero-order chi connectivity index (χ0) is 19.6. The van der Waals surface area contributed by atoms with Crippen molar-refractivity contribution < 1.29 is 23.4 Å². The Hall–Kier alpha value is -3.13. The molecule has 2 aromatic carbocycles. The Labute approximate surface area is 161 Å². The van der Waals surface area contributed by atoms with E-state index in [4.69, 9.17) is 26.4 Å². The van der Waals surface area contributed by atoms with E-state index in [2.05, 4.69) is 5.32 Å². The fourth-order valence-electron chi connectivity index (χ4n) is 2.71. The molecule has 0 aromatic heterocycles. The summed E-state index contributed by atoms with van der Waals surface area (Å²) < 4.78 is 29.1. The number of methoxy groups -OCH3 is 3. The number of nitrogens with zero attached hydrogens (tertiary/aromatic N) is 1. The zero-order valence-electron chi connectivity index (χ0n) is 14.9. The summed E-state index contributed by atoms with van der Waals surface area (Å²) in [6.07, 6.45) is 1.63. The van der Waals surface area contributed by atoms with E-state index in [-0.39, 0.29) is 16.7 Å². The molecule has 140 valence electrons. The van der Waals surface area contributed by atoms with Crippen molar-refractivity contribution >= 4 is 35.0 Å². The fourth-order valence-corrected chi connectivity index (χ4v) is 3.01. The summed E-state index contributed by atoms with van der Waals surface area (Å²) in [4.78, 5) is 14.1. The van der Waals surface area contributed by atoms with Gasteiger partial charge in [-0.2, -0.15) is 0 Å². The number of ether oxygens (including phenoxy) is 3. The van der Waals surface area contributed by atoms with Crippen molar-refractivity contribution in [2.24, 2.45) is 0 Å². The van der Waals surface area contributed by atoms with E-state index in [1.165, 1.54) is 50.5 Å². The van der Waals surface area contributed by atoms with E-state index in [1.54, 1.807) is 18.2 Å². The number of halogens is 1. The maximum Gasteiger partial charge on any atom is 0.281 e. The van der Waals surface area contributed by atoms with E-state index in [9.17, 15) is 9.18 Å². The number of amides is 1. The Morgan fingerprint density at radius 1 is 1.04 bits per heavy atom. The standard InChI is InChI=1S/C19H17FN2O4S/c1-24-15-9-11(10-16(25-2)17(15)26-3)8-14-18(23)22(19(27)21-14)13-6-4-12(20)5-7-13/h4-10H,1-3H3,(H,21,27)/b14-8+. The van der Waals surface area contributed by atoms with Crippen LogP contribution in [-0.4, -0.2) is 32.3 Å². The molecule has 1 heterocycles. The highest BCUT2D eigenvalue weighted by molar-refractivity contribution is 7.80. The fraction of sp³-hybridized carbons (Fsp3) is 0.158. The lowest BCUT2D eigenvalue weighted by atomic mass is 10.1. The van der Waals surface area contributed by atoms with Gasteiger partial charge in [0, 0.05) is 0 Å². The van der Waals surface area contributed by atoms with Crippen LogP contribution in [0.5, 0.6) is 17.2 Å². The summed E-state index contributed by atoms with van der Waals surface area (Å²) in [6, 6.07) is 8.95. The molecule has 0 radical (unpaired) electrons. The lowest BCUT2D eigenvalue weighted by molar-refractivity contribution is -0.113. The topological polar surface area (TPSA) is 60.0 Å². The van der Waals surface area contributed by atoms with E-state index in [0.717, 1.165) is 0 Å². The summed E-state index contributed by atoms with van der Waals surface area (Å²) in [5.74, 6) is 0.647. The van der Waals surface area contributed by atoms with Crippen LogP contribution in [0.3, 0.4) is 0 Å². The Morgan fingerprint density at radius 3 is 2.15 bits per heavy atom. The molecule has 1 saturated heterocycles. The van der Waals surface area contributed by atoms with Gasteiger partial charge in [0.05, 0.1) is 27.0 Å². The molecule has 1 N–H and O–H groups in total. The Balaban J connectivity index is 1.97.